The Labute approximate surface area is 252 Å². The smallest absolute Gasteiger partial charge is 0.248 e. The summed E-state index contributed by atoms with van der Waals surface area (Å²) in [6.45, 7) is 6.28. The zero-order valence-corrected chi connectivity index (χ0v) is 25.4. The van der Waals surface area contributed by atoms with Crippen LogP contribution in [0.5, 0.6) is 0 Å². The SMILES string of the molecule is CC(N)C(=O)NC(C(=O)N1CCCC1/C=C/C(C)(CO)Cc1cccc(-c2nccs2)c1)C(C)OCc1ccccc1. The van der Waals surface area contributed by atoms with Crippen LogP contribution < -0.4 is 11.1 Å². The normalized spacial score (nSPS) is 18.9. The van der Waals surface area contributed by atoms with E-state index >= 15 is 0 Å². The highest BCUT2D eigenvalue weighted by Crippen LogP contribution is 2.30. The Hall–Kier alpha value is -3.37. The van der Waals surface area contributed by atoms with Gasteiger partial charge in [0.05, 0.1) is 31.4 Å². The van der Waals surface area contributed by atoms with Crippen molar-refractivity contribution in [1.29, 1.82) is 0 Å². The highest BCUT2D eigenvalue weighted by molar-refractivity contribution is 7.13. The molecule has 3 aromatic rings. The number of carbonyl (C=O) groups excluding carboxylic acids is 2. The molecular weight excluding hydrogens is 548 g/mol. The molecule has 2 aromatic carbocycles. The molecule has 4 N–H and O–H groups in total. The van der Waals surface area contributed by atoms with Crippen LogP contribution in [-0.2, 0) is 27.4 Å². The number of carbonyl (C=O) groups is 2. The van der Waals surface area contributed by atoms with Crippen LogP contribution in [0.3, 0.4) is 0 Å². The van der Waals surface area contributed by atoms with Crippen molar-refractivity contribution < 1.29 is 19.4 Å². The van der Waals surface area contributed by atoms with E-state index in [-0.39, 0.29) is 18.6 Å². The van der Waals surface area contributed by atoms with E-state index in [9.17, 15) is 14.7 Å². The van der Waals surface area contributed by atoms with E-state index in [4.69, 9.17) is 10.5 Å². The minimum atomic E-state index is -0.876. The van der Waals surface area contributed by atoms with E-state index in [2.05, 4.69) is 22.4 Å². The lowest BCUT2D eigenvalue weighted by Gasteiger charge is -2.32. The van der Waals surface area contributed by atoms with Gasteiger partial charge in [-0.15, -0.1) is 11.3 Å². The van der Waals surface area contributed by atoms with Gasteiger partial charge in [0.15, 0.2) is 0 Å². The zero-order valence-electron chi connectivity index (χ0n) is 24.6. The van der Waals surface area contributed by atoms with Gasteiger partial charge in [-0.3, -0.25) is 9.59 Å². The van der Waals surface area contributed by atoms with Crippen molar-refractivity contribution in [3.8, 4) is 10.6 Å². The lowest BCUT2D eigenvalue weighted by Crippen LogP contribution is -2.57. The third-order valence-electron chi connectivity index (χ3n) is 7.68. The average molecular weight is 591 g/mol. The standard InChI is InChI=1S/C33H42N4O4S/c1-23(34)30(39)36-29(24(2)41-21-25-9-5-4-6-10-25)32(40)37-17-8-13-28(37)14-15-33(3,22-38)20-26-11-7-12-27(19-26)31-35-16-18-42-31/h4-7,9-12,14-16,18-19,23-24,28-29,38H,8,13,17,20-22,34H2,1-3H3,(H,36,39)/b15-14+. The molecule has 224 valence electrons. The third-order valence-corrected chi connectivity index (χ3v) is 8.50. The molecule has 9 heteroatoms. The molecule has 0 saturated carbocycles. The number of thiazole rings is 1. The molecule has 8 nitrogen and oxygen atoms in total. The number of rotatable bonds is 13. The fourth-order valence-corrected chi connectivity index (χ4v) is 5.80. The molecule has 1 aromatic heterocycles. The number of ether oxygens (including phenoxy) is 1. The summed E-state index contributed by atoms with van der Waals surface area (Å²) >= 11 is 1.60. The lowest BCUT2D eigenvalue weighted by atomic mass is 9.83. The van der Waals surface area contributed by atoms with Crippen molar-refractivity contribution in [3.63, 3.8) is 0 Å². The second-order valence-electron chi connectivity index (χ2n) is 11.4. The number of aromatic nitrogens is 1. The van der Waals surface area contributed by atoms with Gasteiger partial charge in [0.25, 0.3) is 0 Å². The molecule has 1 saturated heterocycles. The van der Waals surface area contributed by atoms with Crippen molar-refractivity contribution in [1.82, 2.24) is 15.2 Å². The molecule has 0 radical (unpaired) electrons. The van der Waals surface area contributed by atoms with E-state index in [0.717, 1.165) is 34.5 Å². The van der Waals surface area contributed by atoms with E-state index in [1.807, 2.05) is 71.8 Å². The summed E-state index contributed by atoms with van der Waals surface area (Å²) in [6, 6.07) is 16.2. The van der Waals surface area contributed by atoms with Crippen molar-refractivity contribution in [3.05, 3.63) is 89.5 Å². The molecule has 42 heavy (non-hydrogen) atoms. The third kappa shape index (κ3) is 8.35. The van der Waals surface area contributed by atoms with Gasteiger partial charge in [-0.25, -0.2) is 4.98 Å². The summed E-state index contributed by atoms with van der Waals surface area (Å²) in [4.78, 5) is 32.7. The molecule has 0 spiro atoms. The van der Waals surface area contributed by atoms with Gasteiger partial charge in [-0.2, -0.15) is 0 Å². The Morgan fingerprint density at radius 2 is 1.98 bits per heavy atom. The largest absolute Gasteiger partial charge is 0.395 e. The predicted octanol–water partition coefficient (Wildman–Crippen LogP) is 4.34. The summed E-state index contributed by atoms with van der Waals surface area (Å²) in [5.41, 5.74) is 8.45. The number of aliphatic hydroxyl groups excluding tert-OH is 1. The molecule has 5 atom stereocenters. The molecule has 4 rings (SSSR count). The quantitative estimate of drug-likeness (QED) is 0.255. The molecule has 2 heterocycles. The number of nitrogens with zero attached hydrogens (tertiary/aromatic N) is 2. The van der Waals surface area contributed by atoms with Crippen molar-refractivity contribution in [2.75, 3.05) is 13.2 Å². The van der Waals surface area contributed by atoms with Crippen LogP contribution in [0.15, 0.2) is 78.3 Å². The monoisotopic (exact) mass is 590 g/mol. The Balaban J connectivity index is 1.47. The Bertz CT molecular complexity index is 1330. The molecule has 1 fully saturated rings. The van der Waals surface area contributed by atoms with Gasteiger partial charge >= 0.3 is 0 Å². The number of nitrogens with two attached hydrogens (primary N) is 1. The maximum atomic E-state index is 13.9. The second-order valence-corrected chi connectivity index (χ2v) is 12.3. The first kappa shape index (κ1) is 31.6. The van der Waals surface area contributed by atoms with E-state index in [1.54, 1.807) is 31.4 Å². The first-order chi connectivity index (χ1) is 20.2. The predicted molar refractivity (Wildman–Crippen MR) is 167 cm³/mol. The first-order valence-corrected chi connectivity index (χ1v) is 15.4. The highest BCUT2D eigenvalue weighted by atomic mass is 32.1. The number of amides is 2. The Morgan fingerprint density at radius 1 is 1.21 bits per heavy atom. The summed E-state index contributed by atoms with van der Waals surface area (Å²) in [7, 11) is 0. The van der Waals surface area contributed by atoms with E-state index in [1.165, 1.54) is 0 Å². The highest BCUT2D eigenvalue weighted by Gasteiger charge is 2.37. The number of benzene rings is 2. The van der Waals surface area contributed by atoms with Gasteiger partial charge in [-0.1, -0.05) is 67.6 Å². The maximum Gasteiger partial charge on any atom is 0.248 e. The average Bonchev–Trinajstić information content (AvgIpc) is 3.71. The zero-order chi connectivity index (χ0) is 30.1. The Morgan fingerprint density at radius 3 is 2.67 bits per heavy atom. The van der Waals surface area contributed by atoms with Gasteiger partial charge < -0.3 is 25.8 Å². The first-order valence-electron chi connectivity index (χ1n) is 14.5. The summed E-state index contributed by atoms with van der Waals surface area (Å²) in [6.07, 6.45) is 7.58. The maximum absolute atomic E-state index is 13.9. The van der Waals surface area contributed by atoms with Crippen molar-refractivity contribution >= 4 is 23.2 Å². The summed E-state index contributed by atoms with van der Waals surface area (Å²) < 4.78 is 6.06. The topological polar surface area (TPSA) is 118 Å². The fraction of sp³-hybridized carbons (Fsp3) is 0.424. The lowest BCUT2D eigenvalue weighted by molar-refractivity contribution is -0.141. The van der Waals surface area contributed by atoms with Gasteiger partial charge in [0.2, 0.25) is 11.8 Å². The molecule has 0 bridgehead atoms. The number of hydrogen-bond acceptors (Lipinski definition) is 7. The van der Waals surface area contributed by atoms with Crippen LogP contribution in [0.2, 0.25) is 0 Å². The molecule has 5 unspecified atom stereocenters. The fourth-order valence-electron chi connectivity index (χ4n) is 5.17. The molecule has 1 aliphatic rings. The number of hydrogen-bond donors (Lipinski definition) is 3. The minimum absolute atomic E-state index is 0.0386. The van der Waals surface area contributed by atoms with Gasteiger partial charge in [-0.05, 0) is 50.3 Å². The van der Waals surface area contributed by atoms with Gasteiger partial charge in [0, 0.05) is 29.1 Å². The molecule has 2 amide bonds. The van der Waals surface area contributed by atoms with Crippen LogP contribution in [-0.4, -0.2) is 64.2 Å². The summed E-state index contributed by atoms with van der Waals surface area (Å²) in [5.74, 6) is -0.596. The van der Waals surface area contributed by atoms with Crippen LogP contribution in [0, 0.1) is 5.41 Å². The Kier molecular flexibility index (Phi) is 11.0. The molecule has 0 aliphatic carbocycles. The second kappa shape index (κ2) is 14.7. The molecular formula is C33H42N4O4S. The molecule has 1 aliphatic heterocycles. The summed E-state index contributed by atoms with van der Waals surface area (Å²) in [5, 5.41) is 16.2. The number of likely N-dealkylation sites (tertiary alicyclic amines) is 1. The van der Waals surface area contributed by atoms with Gasteiger partial charge in [0.1, 0.15) is 11.0 Å². The number of nitrogens with one attached hydrogen (secondary N) is 1. The van der Waals surface area contributed by atoms with E-state index in [0.29, 0.717) is 19.6 Å². The van der Waals surface area contributed by atoms with Crippen LogP contribution in [0.25, 0.3) is 10.6 Å². The minimum Gasteiger partial charge on any atom is -0.395 e. The number of aliphatic hydroxyl groups is 1. The van der Waals surface area contributed by atoms with Crippen LogP contribution in [0.4, 0.5) is 0 Å². The van der Waals surface area contributed by atoms with Crippen molar-refractivity contribution in [2.45, 2.75) is 70.9 Å². The van der Waals surface area contributed by atoms with Crippen molar-refractivity contribution in [2.24, 2.45) is 11.1 Å². The van der Waals surface area contributed by atoms with E-state index < -0.39 is 29.5 Å². The van der Waals surface area contributed by atoms with Crippen LogP contribution in [0.1, 0.15) is 44.7 Å². The van der Waals surface area contributed by atoms with Crippen LogP contribution >= 0.6 is 11.3 Å².